The average Bonchev–Trinajstić information content (AvgIpc) is 3.46. The zero-order valence-corrected chi connectivity index (χ0v) is 25.7. The van der Waals surface area contributed by atoms with Gasteiger partial charge in [-0.3, -0.25) is 19.5 Å². The number of H-pyrrole nitrogens is 1. The minimum Gasteiger partial charge on any atom is -0.382 e. The van der Waals surface area contributed by atoms with Gasteiger partial charge in [-0.15, -0.1) is 0 Å². The summed E-state index contributed by atoms with van der Waals surface area (Å²) in [4.78, 5) is 19.0. The van der Waals surface area contributed by atoms with Crippen molar-refractivity contribution in [3.63, 3.8) is 0 Å². The van der Waals surface area contributed by atoms with Gasteiger partial charge in [-0.25, -0.2) is 0 Å². The number of nitrogens with zero attached hydrogens (tertiary/aromatic N) is 6. The molecule has 224 valence electrons. The summed E-state index contributed by atoms with van der Waals surface area (Å²) in [6.45, 7) is 16.5. The van der Waals surface area contributed by atoms with E-state index in [1.54, 1.807) is 7.11 Å². The molecule has 0 unspecified atom stereocenters. The molecule has 3 aromatic rings. The van der Waals surface area contributed by atoms with Gasteiger partial charge in [0.15, 0.2) is 5.82 Å². The first-order chi connectivity index (χ1) is 20.2. The minimum atomic E-state index is -0.296. The van der Waals surface area contributed by atoms with Gasteiger partial charge in [-0.2, -0.15) is 10.2 Å². The molecule has 1 aromatic carbocycles. The highest BCUT2D eigenvalue weighted by molar-refractivity contribution is 6.36. The monoisotopic (exact) mass is 593 g/mol. The van der Waals surface area contributed by atoms with Gasteiger partial charge < -0.3 is 19.3 Å². The summed E-state index contributed by atoms with van der Waals surface area (Å²) in [6, 6.07) is 2.79. The van der Waals surface area contributed by atoms with Crippen LogP contribution < -0.4 is 4.90 Å². The van der Waals surface area contributed by atoms with Crippen LogP contribution in [0.25, 0.3) is 22.0 Å². The summed E-state index contributed by atoms with van der Waals surface area (Å²) in [5.74, 6) is 0.969. The number of benzene rings is 1. The number of ether oxygens (including phenoxy) is 2. The predicted molar refractivity (Wildman–Crippen MR) is 163 cm³/mol. The second-order valence-corrected chi connectivity index (χ2v) is 13.5. The molecule has 4 aliphatic rings. The average molecular weight is 594 g/mol. The number of carbonyl (C=O) groups is 1. The molecule has 1 amide bonds. The molecule has 0 bridgehead atoms. The van der Waals surface area contributed by atoms with Gasteiger partial charge in [0.1, 0.15) is 0 Å². The van der Waals surface area contributed by atoms with E-state index >= 15 is 0 Å². The van der Waals surface area contributed by atoms with Crippen molar-refractivity contribution >= 4 is 34.2 Å². The summed E-state index contributed by atoms with van der Waals surface area (Å²) < 4.78 is 13.6. The molecule has 1 saturated carbocycles. The molecule has 42 heavy (non-hydrogen) atoms. The Morgan fingerprint density at radius 2 is 1.98 bits per heavy atom. The predicted octanol–water partition coefficient (Wildman–Crippen LogP) is 3.97. The van der Waals surface area contributed by atoms with Crippen molar-refractivity contribution in [2.75, 3.05) is 64.6 Å². The second kappa shape index (κ2) is 10.1. The smallest absolute Gasteiger partial charge is 0.245 e. The zero-order valence-electron chi connectivity index (χ0n) is 25.0. The first kappa shape index (κ1) is 27.9. The molecule has 1 N–H and O–H groups in total. The van der Waals surface area contributed by atoms with E-state index in [0.29, 0.717) is 12.6 Å². The van der Waals surface area contributed by atoms with Crippen LogP contribution in [0.4, 0.5) is 5.82 Å². The Balaban J connectivity index is 1.31. The number of amides is 1. The highest BCUT2D eigenvalue weighted by Crippen LogP contribution is 2.56. The van der Waals surface area contributed by atoms with E-state index in [9.17, 15) is 4.79 Å². The Morgan fingerprint density at radius 3 is 2.64 bits per heavy atom. The number of piperazine rings is 1. The molecule has 3 saturated heterocycles. The number of aromatic amines is 1. The fourth-order valence-electron chi connectivity index (χ4n) is 7.85. The number of hydrogen-bond donors (Lipinski definition) is 1. The summed E-state index contributed by atoms with van der Waals surface area (Å²) in [7, 11) is 1.78. The van der Waals surface area contributed by atoms with Gasteiger partial charge in [0.2, 0.25) is 5.91 Å². The van der Waals surface area contributed by atoms with E-state index < -0.39 is 0 Å². The number of fused-ring (bicyclic) bond motifs is 1. The van der Waals surface area contributed by atoms with Crippen molar-refractivity contribution in [3.8, 4) is 11.1 Å². The largest absolute Gasteiger partial charge is 0.382 e. The standard InChI is InChI=1S/C31H40ClN7O3/c1-6-25(40)37-16-31(17-37)10-21(11-31)39-20(3)26(27-23-12-33-34-24(23)9-19(2)28(27)32)29(35-39)38-8-7-36(22-13-42-14-22)15-30(38,4)18-41-5/h6,9,12,21-22H,1,7-8,10-11,13-18H2,2-5H3,(H,33,34)/t30-/m1/s1. The van der Waals surface area contributed by atoms with Crippen LogP contribution in [0.2, 0.25) is 5.02 Å². The van der Waals surface area contributed by atoms with E-state index in [1.807, 2.05) is 18.0 Å². The number of hydrogen-bond acceptors (Lipinski definition) is 7. The highest BCUT2D eigenvalue weighted by atomic mass is 35.5. The maximum atomic E-state index is 12.1. The Labute approximate surface area is 251 Å². The number of methoxy groups -OCH3 is 1. The van der Waals surface area contributed by atoms with Crippen LogP contribution in [0.3, 0.4) is 0 Å². The van der Waals surface area contributed by atoms with Gasteiger partial charge >= 0.3 is 0 Å². The number of rotatable bonds is 7. The molecule has 1 spiro atoms. The van der Waals surface area contributed by atoms with Crippen LogP contribution in [0.5, 0.6) is 0 Å². The molecule has 7 rings (SSSR count). The van der Waals surface area contributed by atoms with Crippen LogP contribution >= 0.6 is 11.6 Å². The Hall–Kier alpha value is -2.92. The van der Waals surface area contributed by atoms with E-state index in [4.69, 9.17) is 26.2 Å². The summed E-state index contributed by atoms with van der Waals surface area (Å²) in [5.41, 5.74) is 5.00. The lowest BCUT2D eigenvalue weighted by atomic mass is 9.60. The third-order valence-corrected chi connectivity index (χ3v) is 10.6. The lowest BCUT2D eigenvalue weighted by Gasteiger charge is -2.58. The molecule has 1 atom stereocenters. The normalized spacial score (nSPS) is 24.6. The Bertz CT molecular complexity index is 1550. The number of carbonyl (C=O) groups excluding carboxylic acids is 1. The molecule has 3 aliphatic heterocycles. The summed E-state index contributed by atoms with van der Waals surface area (Å²) in [5, 5.41) is 14.7. The fraction of sp³-hybridized carbons (Fsp3) is 0.581. The van der Waals surface area contributed by atoms with Crippen LogP contribution in [0.1, 0.15) is 37.1 Å². The van der Waals surface area contributed by atoms with Crippen molar-refractivity contribution < 1.29 is 14.3 Å². The van der Waals surface area contributed by atoms with Crippen molar-refractivity contribution in [1.82, 2.24) is 29.8 Å². The molecular weight excluding hydrogens is 554 g/mol. The number of halogens is 1. The van der Waals surface area contributed by atoms with Gasteiger partial charge in [-0.1, -0.05) is 18.2 Å². The second-order valence-electron chi connectivity index (χ2n) is 13.1. The number of aromatic nitrogens is 4. The molecule has 5 heterocycles. The number of likely N-dealkylation sites (tertiary alicyclic amines) is 1. The third kappa shape index (κ3) is 4.21. The van der Waals surface area contributed by atoms with Crippen LogP contribution in [0.15, 0.2) is 24.9 Å². The number of aryl methyl sites for hydroxylation is 1. The summed E-state index contributed by atoms with van der Waals surface area (Å²) in [6.07, 6.45) is 5.29. The minimum absolute atomic E-state index is 0.0205. The van der Waals surface area contributed by atoms with Crippen molar-refractivity contribution in [3.05, 3.63) is 41.2 Å². The SMILES string of the molecule is C=CC(=O)N1CC2(CC(n3nc(N4CCN(C5COC5)C[C@]4(C)COC)c(-c4c(Cl)c(C)cc5[nH]ncc45)c3C)C2)C1. The van der Waals surface area contributed by atoms with Crippen molar-refractivity contribution in [2.24, 2.45) is 5.41 Å². The van der Waals surface area contributed by atoms with Gasteiger partial charge in [-0.05, 0) is 51.3 Å². The first-order valence-corrected chi connectivity index (χ1v) is 15.3. The van der Waals surface area contributed by atoms with E-state index in [0.717, 1.165) is 103 Å². The topological polar surface area (TPSA) is 91.8 Å². The van der Waals surface area contributed by atoms with Gasteiger partial charge in [0.05, 0.1) is 54.2 Å². The van der Waals surface area contributed by atoms with Crippen LogP contribution in [-0.2, 0) is 14.3 Å². The molecular formula is C31H40ClN7O3. The molecule has 1 aliphatic carbocycles. The van der Waals surface area contributed by atoms with Gasteiger partial charge in [0.25, 0.3) is 0 Å². The Kier molecular flexibility index (Phi) is 6.69. The lowest BCUT2D eigenvalue weighted by molar-refractivity contribution is -0.149. The van der Waals surface area contributed by atoms with E-state index in [-0.39, 0.29) is 22.9 Å². The van der Waals surface area contributed by atoms with E-state index in [2.05, 4.69) is 51.2 Å². The molecule has 4 fully saturated rings. The molecule has 0 radical (unpaired) electrons. The van der Waals surface area contributed by atoms with Crippen molar-refractivity contribution in [1.29, 1.82) is 0 Å². The molecule has 11 heteroatoms. The number of anilines is 1. The molecule has 10 nitrogen and oxygen atoms in total. The van der Waals surface area contributed by atoms with Crippen molar-refractivity contribution in [2.45, 2.75) is 51.2 Å². The lowest BCUT2D eigenvalue weighted by Crippen LogP contribution is -2.67. The zero-order chi connectivity index (χ0) is 29.4. The van der Waals surface area contributed by atoms with Crippen LogP contribution in [-0.4, -0.2) is 107 Å². The first-order valence-electron chi connectivity index (χ1n) is 14.9. The third-order valence-electron chi connectivity index (χ3n) is 10.1. The highest BCUT2D eigenvalue weighted by Gasteiger charge is 2.55. The van der Waals surface area contributed by atoms with E-state index in [1.165, 1.54) is 6.08 Å². The quantitative estimate of drug-likeness (QED) is 0.415. The van der Waals surface area contributed by atoms with Crippen LogP contribution in [0, 0.1) is 19.3 Å². The number of nitrogens with one attached hydrogen (secondary N) is 1. The van der Waals surface area contributed by atoms with Gasteiger partial charge in [0, 0.05) is 67.5 Å². The fourth-order valence-corrected chi connectivity index (χ4v) is 8.10. The molecule has 2 aromatic heterocycles. The summed E-state index contributed by atoms with van der Waals surface area (Å²) >= 11 is 7.15. The Morgan fingerprint density at radius 1 is 1.21 bits per heavy atom. The maximum Gasteiger partial charge on any atom is 0.245 e. The maximum absolute atomic E-state index is 12.1.